The van der Waals surface area contributed by atoms with E-state index in [-0.39, 0.29) is 23.8 Å². The van der Waals surface area contributed by atoms with Gasteiger partial charge in [-0.3, -0.25) is 14.5 Å². The molecule has 4 rings (SSSR count). The maximum Gasteiger partial charge on any atom is 0.244 e. The van der Waals surface area contributed by atoms with Crippen molar-refractivity contribution in [2.24, 2.45) is 11.3 Å². The summed E-state index contributed by atoms with van der Waals surface area (Å²) < 4.78 is 5.54. The first kappa shape index (κ1) is 23.4. The fourth-order valence-corrected chi connectivity index (χ4v) is 4.69. The van der Waals surface area contributed by atoms with Crippen molar-refractivity contribution in [1.82, 2.24) is 24.8 Å². The summed E-state index contributed by atoms with van der Waals surface area (Å²) in [5.74, 6) is 1.40. The van der Waals surface area contributed by atoms with E-state index >= 15 is 0 Å². The molecular formula is C25H35N5O3. The first-order chi connectivity index (χ1) is 15.7. The van der Waals surface area contributed by atoms with Crippen LogP contribution in [0.5, 0.6) is 0 Å². The molecule has 33 heavy (non-hydrogen) atoms. The number of piperazine rings is 1. The van der Waals surface area contributed by atoms with E-state index in [1.54, 1.807) is 0 Å². The topological polar surface area (TPSA) is 82.8 Å². The molecule has 8 heteroatoms. The Morgan fingerprint density at radius 3 is 2.39 bits per heavy atom. The minimum atomic E-state index is -0.415. The molecule has 3 heterocycles. The van der Waals surface area contributed by atoms with Gasteiger partial charge in [-0.05, 0) is 19.8 Å². The number of benzene rings is 1. The van der Waals surface area contributed by atoms with Gasteiger partial charge in [-0.1, -0.05) is 56.3 Å². The highest BCUT2D eigenvalue weighted by Crippen LogP contribution is 2.27. The fourth-order valence-electron chi connectivity index (χ4n) is 4.69. The molecule has 0 radical (unpaired) electrons. The summed E-state index contributed by atoms with van der Waals surface area (Å²) in [5.41, 5.74) is 0.517. The zero-order chi connectivity index (χ0) is 23.6. The summed E-state index contributed by atoms with van der Waals surface area (Å²) in [5, 5.41) is 4.14. The summed E-state index contributed by atoms with van der Waals surface area (Å²) in [4.78, 5) is 36.6. The molecule has 0 aliphatic carbocycles. The van der Waals surface area contributed by atoms with Gasteiger partial charge in [-0.2, -0.15) is 4.98 Å². The molecule has 2 aromatic rings. The highest BCUT2D eigenvalue weighted by atomic mass is 16.5. The highest BCUT2D eigenvalue weighted by molar-refractivity contribution is 5.84. The molecule has 2 aliphatic rings. The van der Waals surface area contributed by atoms with Crippen molar-refractivity contribution >= 4 is 11.8 Å². The standard InChI is InChI=1S/C25H35N5O3/c1-18(22-26-21(27-33-22)19-9-6-5-7-10-19)28-13-15-29(16-14-28)23(31)20-11-8-12-30(17-20)24(32)25(2,3)4/h5-7,9-10,18,20H,8,11-17H2,1-4H3. The van der Waals surface area contributed by atoms with E-state index in [4.69, 9.17) is 4.52 Å². The Morgan fingerprint density at radius 1 is 1.03 bits per heavy atom. The van der Waals surface area contributed by atoms with Crippen LogP contribution in [0.4, 0.5) is 0 Å². The van der Waals surface area contributed by atoms with E-state index in [0.717, 1.165) is 38.0 Å². The molecule has 2 aliphatic heterocycles. The quantitative estimate of drug-likeness (QED) is 0.707. The monoisotopic (exact) mass is 453 g/mol. The summed E-state index contributed by atoms with van der Waals surface area (Å²) in [7, 11) is 0. The minimum absolute atomic E-state index is 0.0122. The zero-order valence-corrected chi connectivity index (χ0v) is 20.2. The van der Waals surface area contributed by atoms with Crippen molar-refractivity contribution in [3.8, 4) is 11.4 Å². The second-order valence-corrected chi connectivity index (χ2v) is 10.2. The molecule has 2 saturated heterocycles. The Hall–Kier alpha value is -2.74. The number of nitrogens with zero attached hydrogens (tertiary/aromatic N) is 5. The molecule has 8 nitrogen and oxygen atoms in total. The molecule has 0 saturated carbocycles. The van der Waals surface area contributed by atoms with Crippen LogP contribution >= 0.6 is 0 Å². The van der Waals surface area contributed by atoms with Crippen LogP contribution in [-0.2, 0) is 9.59 Å². The molecule has 178 valence electrons. The van der Waals surface area contributed by atoms with Crippen molar-refractivity contribution < 1.29 is 14.1 Å². The number of aromatic nitrogens is 2. The first-order valence-corrected chi connectivity index (χ1v) is 12.0. The van der Waals surface area contributed by atoms with Gasteiger partial charge in [0.25, 0.3) is 0 Å². The summed E-state index contributed by atoms with van der Waals surface area (Å²) >= 11 is 0. The Bertz CT molecular complexity index is 960. The number of hydrogen-bond acceptors (Lipinski definition) is 6. The van der Waals surface area contributed by atoms with Crippen molar-refractivity contribution in [3.05, 3.63) is 36.2 Å². The van der Waals surface area contributed by atoms with Crippen molar-refractivity contribution in [2.45, 2.75) is 46.6 Å². The van der Waals surface area contributed by atoms with Crippen LogP contribution in [0.2, 0.25) is 0 Å². The van der Waals surface area contributed by atoms with Gasteiger partial charge in [0, 0.05) is 50.2 Å². The summed E-state index contributed by atoms with van der Waals surface area (Å²) in [6, 6.07) is 9.78. The molecule has 2 atom stereocenters. The number of piperidine rings is 1. The van der Waals surface area contributed by atoms with Crippen LogP contribution in [-0.4, -0.2) is 75.9 Å². The molecular weight excluding hydrogens is 418 g/mol. The Morgan fingerprint density at radius 2 is 1.73 bits per heavy atom. The number of likely N-dealkylation sites (tertiary alicyclic amines) is 1. The molecule has 2 amide bonds. The Balaban J connectivity index is 1.32. The van der Waals surface area contributed by atoms with E-state index in [2.05, 4.69) is 22.0 Å². The van der Waals surface area contributed by atoms with Crippen LogP contribution in [0.1, 0.15) is 52.5 Å². The lowest BCUT2D eigenvalue weighted by molar-refractivity contribution is -0.146. The van der Waals surface area contributed by atoms with Crippen LogP contribution in [0, 0.1) is 11.3 Å². The van der Waals surface area contributed by atoms with Crippen LogP contribution in [0.15, 0.2) is 34.9 Å². The third-order valence-electron chi connectivity index (χ3n) is 6.70. The molecule has 1 aromatic carbocycles. The first-order valence-electron chi connectivity index (χ1n) is 12.0. The number of carbonyl (C=O) groups excluding carboxylic acids is 2. The predicted octanol–water partition coefficient (Wildman–Crippen LogP) is 3.23. The summed E-state index contributed by atoms with van der Waals surface area (Å²) in [6.07, 6.45) is 1.74. The van der Waals surface area contributed by atoms with Crippen LogP contribution in [0.3, 0.4) is 0 Å². The number of rotatable bonds is 4. The maximum atomic E-state index is 13.2. The third kappa shape index (κ3) is 5.27. The zero-order valence-electron chi connectivity index (χ0n) is 20.2. The Kier molecular flexibility index (Phi) is 6.83. The summed E-state index contributed by atoms with van der Waals surface area (Å²) in [6.45, 7) is 12.0. The van der Waals surface area contributed by atoms with Gasteiger partial charge in [0.2, 0.25) is 23.5 Å². The van der Waals surface area contributed by atoms with Gasteiger partial charge in [-0.25, -0.2) is 0 Å². The van der Waals surface area contributed by atoms with Crippen molar-refractivity contribution in [1.29, 1.82) is 0 Å². The molecule has 2 unspecified atom stereocenters. The van der Waals surface area contributed by atoms with E-state index in [9.17, 15) is 9.59 Å². The van der Waals surface area contributed by atoms with Crippen LogP contribution in [0.25, 0.3) is 11.4 Å². The molecule has 1 aromatic heterocycles. The number of carbonyl (C=O) groups is 2. The minimum Gasteiger partial charge on any atom is -0.341 e. The second kappa shape index (κ2) is 9.63. The highest BCUT2D eigenvalue weighted by Gasteiger charge is 2.36. The lowest BCUT2D eigenvalue weighted by Gasteiger charge is -2.41. The number of amides is 2. The van der Waals surface area contributed by atoms with Crippen molar-refractivity contribution in [3.63, 3.8) is 0 Å². The normalized spacial score (nSPS) is 21.2. The van der Waals surface area contributed by atoms with E-state index < -0.39 is 5.41 Å². The van der Waals surface area contributed by atoms with Crippen LogP contribution < -0.4 is 0 Å². The lowest BCUT2D eigenvalue weighted by atomic mass is 9.90. The largest absolute Gasteiger partial charge is 0.341 e. The average molecular weight is 454 g/mol. The van der Waals surface area contributed by atoms with Gasteiger partial charge < -0.3 is 14.3 Å². The van der Waals surface area contributed by atoms with Gasteiger partial charge >= 0.3 is 0 Å². The second-order valence-electron chi connectivity index (χ2n) is 10.2. The van der Waals surface area contributed by atoms with E-state index in [0.29, 0.717) is 31.3 Å². The predicted molar refractivity (Wildman–Crippen MR) is 125 cm³/mol. The third-order valence-corrected chi connectivity index (χ3v) is 6.70. The van der Waals surface area contributed by atoms with E-state index in [1.807, 2.05) is 60.9 Å². The van der Waals surface area contributed by atoms with Gasteiger partial charge in [0.15, 0.2) is 0 Å². The van der Waals surface area contributed by atoms with E-state index in [1.165, 1.54) is 0 Å². The fraction of sp³-hybridized carbons (Fsp3) is 0.600. The molecule has 2 fully saturated rings. The number of hydrogen-bond donors (Lipinski definition) is 0. The lowest BCUT2D eigenvalue weighted by Crippen LogP contribution is -2.54. The molecule has 0 N–H and O–H groups in total. The van der Waals surface area contributed by atoms with Gasteiger partial charge in [-0.15, -0.1) is 0 Å². The molecule has 0 spiro atoms. The average Bonchev–Trinajstić information content (AvgIpc) is 3.33. The maximum absolute atomic E-state index is 13.2. The molecule has 0 bridgehead atoms. The Labute approximate surface area is 195 Å². The van der Waals surface area contributed by atoms with Gasteiger partial charge in [0.1, 0.15) is 0 Å². The van der Waals surface area contributed by atoms with Crippen molar-refractivity contribution in [2.75, 3.05) is 39.3 Å². The van der Waals surface area contributed by atoms with Gasteiger partial charge in [0.05, 0.1) is 12.0 Å². The smallest absolute Gasteiger partial charge is 0.244 e. The SMILES string of the molecule is CC(c1nc(-c2ccccc2)no1)N1CCN(C(=O)C2CCCN(C(=O)C(C)(C)C)C2)CC1.